The number of hydrogen-bond donors (Lipinski definition) is 4. The molecule has 0 aliphatic heterocycles. The molecule has 0 aromatic heterocycles. The summed E-state index contributed by atoms with van der Waals surface area (Å²) in [6.45, 7) is 1.90. The van der Waals surface area contributed by atoms with Crippen molar-refractivity contribution >= 4 is 63.7 Å². The van der Waals surface area contributed by atoms with Crippen molar-refractivity contribution in [3.8, 4) is 0 Å². The lowest BCUT2D eigenvalue weighted by molar-refractivity contribution is -0.116. The first-order chi connectivity index (χ1) is 22.3. The second-order valence-corrected chi connectivity index (χ2v) is 11.6. The molecule has 8 nitrogen and oxygen atoms in total. The van der Waals surface area contributed by atoms with Gasteiger partial charge in [-0.1, -0.05) is 73.7 Å². The van der Waals surface area contributed by atoms with Crippen molar-refractivity contribution in [1.29, 1.82) is 0 Å². The second kappa shape index (κ2) is 14.9. The molecule has 0 aliphatic carbocycles. The number of carboxylic acid groups (broad SMARTS) is 1. The van der Waals surface area contributed by atoms with Gasteiger partial charge in [0.2, 0.25) is 5.91 Å². The van der Waals surface area contributed by atoms with Gasteiger partial charge < -0.3 is 21.1 Å². The summed E-state index contributed by atoms with van der Waals surface area (Å²) < 4.78 is 0. The van der Waals surface area contributed by atoms with E-state index in [4.69, 9.17) is 5.11 Å². The first kappa shape index (κ1) is 31.7. The van der Waals surface area contributed by atoms with E-state index in [1.807, 2.05) is 61.5 Å². The fourth-order valence-electron chi connectivity index (χ4n) is 4.73. The monoisotopic (exact) mass is 629 g/mol. The van der Waals surface area contributed by atoms with Gasteiger partial charge in [0.1, 0.15) is 5.70 Å². The van der Waals surface area contributed by atoms with E-state index < -0.39 is 23.0 Å². The SMILES string of the molecule is CCC(Sc1cccc(NC(=O)/C(=C\c2cccc3ccccc23)NC(=O)c2ccccc2)c1)C(=O)Nc1ccc(C(=O)O)cc1. The highest BCUT2D eigenvalue weighted by molar-refractivity contribution is 8.00. The van der Waals surface area contributed by atoms with Crippen LogP contribution in [-0.4, -0.2) is 34.0 Å². The standard InChI is InChI=1S/C37H31N3O5S/c1-2-33(36(43)38-28-20-18-26(19-21-28)37(44)45)46-30-16-9-15-29(23-30)39-35(42)32(40-34(41)25-11-4-3-5-12-25)22-27-14-8-13-24-10-6-7-17-31(24)27/h3-23,33H,2H2,1H3,(H,38,43)(H,39,42)(H,40,41)(H,44,45)/b32-22+. The summed E-state index contributed by atoms with van der Waals surface area (Å²) >= 11 is 1.34. The normalized spacial score (nSPS) is 11.8. The Labute approximate surface area is 270 Å². The summed E-state index contributed by atoms with van der Waals surface area (Å²) in [4.78, 5) is 51.7. The molecule has 5 aromatic rings. The van der Waals surface area contributed by atoms with Gasteiger partial charge in [-0.05, 0) is 83.4 Å². The Bertz CT molecular complexity index is 1920. The molecule has 1 unspecified atom stereocenters. The van der Waals surface area contributed by atoms with Crippen molar-refractivity contribution in [1.82, 2.24) is 5.32 Å². The molecule has 0 radical (unpaired) electrons. The molecule has 0 fully saturated rings. The predicted octanol–water partition coefficient (Wildman–Crippen LogP) is 7.46. The van der Waals surface area contributed by atoms with Crippen molar-refractivity contribution in [3.63, 3.8) is 0 Å². The van der Waals surface area contributed by atoms with Crippen LogP contribution in [-0.2, 0) is 9.59 Å². The fourth-order valence-corrected chi connectivity index (χ4v) is 5.74. The summed E-state index contributed by atoms with van der Waals surface area (Å²) in [7, 11) is 0. The number of anilines is 2. The number of nitrogens with one attached hydrogen (secondary N) is 3. The highest BCUT2D eigenvalue weighted by Gasteiger charge is 2.20. The number of carboxylic acids is 1. The fraction of sp³-hybridized carbons (Fsp3) is 0.0811. The number of carbonyl (C=O) groups excluding carboxylic acids is 3. The van der Waals surface area contributed by atoms with Crippen LogP contribution >= 0.6 is 11.8 Å². The zero-order valence-corrected chi connectivity index (χ0v) is 25.7. The molecule has 4 N–H and O–H groups in total. The van der Waals surface area contributed by atoms with Gasteiger partial charge in [0.05, 0.1) is 10.8 Å². The molecule has 0 saturated carbocycles. The van der Waals surface area contributed by atoms with Gasteiger partial charge in [-0.25, -0.2) is 4.79 Å². The molecular weight excluding hydrogens is 598 g/mol. The summed E-state index contributed by atoms with van der Waals surface area (Å²) in [6, 6.07) is 35.4. The third-order valence-electron chi connectivity index (χ3n) is 7.08. The van der Waals surface area contributed by atoms with Gasteiger partial charge in [0.15, 0.2) is 0 Å². The molecule has 3 amide bonds. The van der Waals surface area contributed by atoms with E-state index in [0.717, 1.165) is 21.2 Å². The molecule has 0 bridgehead atoms. The Morgan fingerprint density at radius 3 is 2.17 bits per heavy atom. The Hall–Kier alpha value is -5.67. The van der Waals surface area contributed by atoms with E-state index >= 15 is 0 Å². The lowest BCUT2D eigenvalue weighted by Crippen LogP contribution is -2.30. The molecule has 5 aromatic carbocycles. The Morgan fingerprint density at radius 2 is 1.43 bits per heavy atom. The maximum absolute atomic E-state index is 13.7. The smallest absolute Gasteiger partial charge is 0.335 e. The van der Waals surface area contributed by atoms with Crippen LogP contribution in [0.2, 0.25) is 0 Å². The average Bonchev–Trinajstić information content (AvgIpc) is 3.07. The third kappa shape index (κ3) is 8.08. The molecule has 0 spiro atoms. The molecule has 46 heavy (non-hydrogen) atoms. The van der Waals surface area contributed by atoms with Gasteiger partial charge in [0.25, 0.3) is 11.8 Å². The predicted molar refractivity (Wildman–Crippen MR) is 183 cm³/mol. The lowest BCUT2D eigenvalue weighted by atomic mass is 10.0. The van der Waals surface area contributed by atoms with Gasteiger partial charge in [-0.15, -0.1) is 11.8 Å². The van der Waals surface area contributed by atoms with Crippen LogP contribution in [0.5, 0.6) is 0 Å². The molecule has 230 valence electrons. The second-order valence-electron chi connectivity index (χ2n) is 10.3. The molecule has 5 rings (SSSR count). The van der Waals surface area contributed by atoms with Gasteiger partial charge in [-0.2, -0.15) is 0 Å². The molecular formula is C37H31N3O5S. The Morgan fingerprint density at radius 1 is 0.739 bits per heavy atom. The molecule has 9 heteroatoms. The number of benzene rings is 5. The summed E-state index contributed by atoms with van der Waals surface area (Å²) in [5.41, 5.74) is 2.39. The molecule has 1 atom stereocenters. The van der Waals surface area contributed by atoms with Crippen LogP contribution in [0.3, 0.4) is 0 Å². The van der Waals surface area contributed by atoms with Crippen molar-refractivity contribution in [2.75, 3.05) is 10.6 Å². The van der Waals surface area contributed by atoms with E-state index in [-0.39, 0.29) is 17.2 Å². The summed E-state index contributed by atoms with van der Waals surface area (Å²) in [5.74, 6) is -2.19. The van der Waals surface area contributed by atoms with E-state index in [1.54, 1.807) is 60.7 Å². The van der Waals surface area contributed by atoms with Crippen LogP contribution in [0.1, 0.15) is 39.6 Å². The maximum Gasteiger partial charge on any atom is 0.335 e. The van der Waals surface area contributed by atoms with Crippen molar-refractivity contribution in [2.45, 2.75) is 23.5 Å². The number of aromatic carboxylic acids is 1. The minimum Gasteiger partial charge on any atom is -0.478 e. The average molecular weight is 630 g/mol. The highest BCUT2D eigenvalue weighted by Crippen LogP contribution is 2.29. The Balaban J connectivity index is 1.34. The molecule has 0 aliphatic rings. The maximum atomic E-state index is 13.7. The van der Waals surface area contributed by atoms with Crippen LogP contribution in [0, 0.1) is 0 Å². The topological polar surface area (TPSA) is 125 Å². The number of thioether (sulfide) groups is 1. The van der Waals surface area contributed by atoms with Crippen molar-refractivity contribution in [3.05, 3.63) is 144 Å². The number of carbonyl (C=O) groups is 4. The highest BCUT2D eigenvalue weighted by atomic mass is 32.2. The third-order valence-corrected chi connectivity index (χ3v) is 8.44. The van der Waals surface area contributed by atoms with Crippen LogP contribution in [0.4, 0.5) is 11.4 Å². The number of hydrogen-bond acceptors (Lipinski definition) is 5. The minimum atomic E-state index is -1.04. The summed E-state index contributed by atoms with van der Waals surface area (Å²) in [6.07, 6.45) is 2.20. The van der Waals surface area contributed by atoms with Gasteiger partial charge >= 0.3 is 5.97 Å². The summed E-state index contributed by atoms with van der Waals surface area (Å²) in [5, 5.41) is 19.1. The minimum absolute atomic E-state index is 0.0722. The first-order valence-electron chi connectivity index (χ1n) is 14.6. The molecule has 0 saturated heterocycles. The van der Waals surface area contributed by atoms with E-state index in [0.29, 0.717) is 23.4 Å². The quantitative estimate of drug-likeness (QED) is 0.0888. The van der Waals surface area contributed by atoms with Crippen LogP contribution in [0.15, 0.2) is 132 Å². The first-order valence-corrected chi connectivity index (χ1v) is 15.5. The lowest BCUT2D eigenvalue weighted by Gasteiger charge is -2.16. The van der Waals surface area contributed by atoms with Gasteiger partial charge in [0, 0.05) is 21.8 Å². The van der Waals surface area contributed by atoms with Crippen LogP contribution < -0.4 is 16.0 Å². The van der Waals surface area contributed by atoms with E-state index in [1.165, 1.54) is 23.9 Å². The largest absolute Gasteiger partial charge is 0.478 e. The molecule has 0 heterocycles. The zero-order valence-electron chi connectivity index (χ0n) is 24.9. The Kier molecular flexibility index (Phi) is 10.3. The number of rotatable bonds is 11. The number of fused-ring (bicyclic) bond motifs is 1. The van der Waals surface area contributed by atoms with Gasteiger partial charge in [-0.3, -0.25) is 14.4 Å². The van der Waals surface area contributed by atoms with Crippen LogP contribution in [0.25, 0.3) is 16.8 Å². The van der Waals surface area contributed by atoms with E-state index in [2.05, 4.69) is 16.0 Å². The number of amides is 3. The van der Waals surface area contributed by atoms with Crippen molar-refractivity contribution < 1.29 is 24.3 Å². The van der Waals surface area contributed by atoms with E-state index in [9.17, 15) is 19.2 Å². The zero-order chi connectivity index (χ0) is 32.5. The van der Waals surface area contributed by atoms with Crippen molar-refractivity contribution in [2.24, 2.45) is 0 Å².